The fourth-order valence-electron chi connectivity index (χ4n) is 2.30. The molecule has 0 spiro atoms. The van der Waals surface area contributed by atoms with Crippen LogP contribution in [0.3, 0.4) is 0 Å². The van der Waals surface area contributed by atoms with Gasteiger partial charge in [-0.1, -0.05) is 23.7 Å². The van der Waals surface area contributed by atoms with E-state index in [-0.39, 0.29) is 18.4 Å². The van der Waals surface area contributed by atoms with Crippen molar-refractivity contribution < 1.29 is 9.59 Å². The predicted octanol–water partition coefficient (Wildman–Crippen LogP) is 2.28. The molecule has 1 saturated heterocycles. The highest BCUT2D eigenvalue weighted by molar-refractivity contribution is 6.31. The number of nitrogens with zero attached hydrogens (tertiary/aromatic N) is 1. The van der Waals surface area contributed by atoms with Crippen molar-refractivity contribution >= 4 is 23.4 Å². The Hall–Kier alpha value is -1.55. The number of rotatable bonds is 4. The molecular formula is C15H19ClN2O2. The number of piperidine rings is 1. The first-order valence-electron chi connectivity index (χ1n) is 6.86. The number of carbonyl (C=O) groups is 2. The summed E-state index contributed by atoms with van der Waals surface area (Å²) in [5.41, 5.74) is 1.97. The number of halogens is 1. The normalized spacial score (nSPS) is 15.3. The summed E-state index contributed by atoms with van der Waals surface area (Å²) < 4.78 is 0. The average Bonchev–Trinajstić information content (AvgIpc) is 2.43. The standard InChI is InChI=1S/C15H19ClN2O2/c1-11-12(5-4-6-13(11)16)9-17-14(19)10-18-8-3-2-7-15(18)20/h4-6H,2-3,7-10H2,1H3,(H,17,19). The molecule has 1 aliphatic rings. The van der Waals surface area contributed by atoms with E-state index in [1.54, 1.807) is 4.90 Å². The molecule has 5 heteroatoms. The number of hydrogen-bond acceptors (Lipinski definition) is 2. The van der Waals surface area contributed by atoms with E-state index in [2.05, 4.69) is 5.32 Å². The zero-order valence-electron chi connectivity index (χ0n) is 11.6. The van der Waals surface area contributed by atoms with Gasteiger partial charge in [0.05, 0.1) is 6.54 Å². The number of benzene rings is 1. The second-order valence-corrected chi connectivity index (χ2v) is 5.48. The number of hydrogen-bond donors (Lipinski definition) is 1. The Morgan fingerprint density at radius 3 is 2.95 bits per heavy atom. The van der Waals surface area contributed by atoms with E-state index in [1.165, 1.54) is 0 Å². The zero-order valence-corrected chi connectivity index (χ0v) is 12.4. The van der Waals surface area contributed by atoms with Gasteiger partial charge in [0, 0.05) is 24.5 Å². The van der Waals surface area contributed by atoms with E-state index < -0.39 is 0 Å². The minimum atomic E-state index is -0.125. The molecule has 0 radical (unpaired) electrons. The van der Waals surface area contributed by atoms with E-state index in [0.717, 1.165) is 24.0 Å². The lowest BCUT2D eigenvalue weighted by Crippen LogP contribution is -2.42. The van der Waals surface area contributed by atoms with E-state index in [1.807, 2.05) is 25.1 Å². The Bertz CT molecular complexity index is 517. The number of carbonyl (C=O) groups excluding carboxylic acids is 2. The fraction of sp³-hybridized carbons (Fsp3) is 0.467. The van der Waals surface area contributed by atoms with Crippen molar-refractivity contribution in [3.8, 4) is 0 Å². The SMILES string of the molecule is Cc1c(Cl)cccc1CNC(=O)CN1CCCCC1=O. The molecule has 1 aromatic rings. The van der Waals surface area contributed by atoms with E-state index in [9.17, 15) is 9.59 Å². The van der Waals surface area contributed by atoms with Gasteiger partial charge in [0.1, 0.15) is 0 Å². The minimum absolute atomic E-state index is 0.0744. The van der Waals surface area contributed by atoms with Gasteiger partial charge in [-0.05, 0) is 37.0 Å². The summed E-state index contributed by atoms with van der Waals surface area (Å²) >= 11 is 6.04. The number of amides is 2. The molecule has 0 unspecified atom stereocenters. The van der Waals surface area contributed by atoms with Crippen LogP contribution in [0, 0.1) is 6.92 Å². The van der Waals surface area contributed by atoms with Crippen molar-refractivity contribution in [1.82, 2.24) is 10.2 Å². The molecule has 0 bridgehead atoms. The lowest BCUT2D eigenvalue weighted by molar-refractivity contribution is -0.137. The number of likely N-dealkylation sites (tertiary alicyclic amines) is 1. The van der Waals surface area contributed by atoms with Gasteiger partial charge in [0.15, 0.2) is 0 Å². The molecule has 4 nitrogen and oxygen atoms in total. The molecule has 0 aliphatic carbocycles. The molecule has 2 amide bonds. The highest BCUT2D eigenvalue weighted by Gasteiger charge is 2.20. The van der Waals surface area contributed by atoms with Crippen LogP contribution in [0.1, 0.15) is 30.4 Å². The van der Waals surface area contributed by atoms with Gasteiger partial charge in [-0.2, -0.15) is 0 Å². The van der Waals surface area contributed by atoms with Gasteiger partial charge in [-0.25, -0.2) is 0 Å². The summed E-state index contributed by atoms with van der Waals surface area (Å²) in [6.45, 7) is 3.20. The Labute approximate surface area is 124 Å². The Kier molecular flexibility index (Phi) is 5.01. The minimum Gasteiger partial charge on any atom is -0.350 e. The van der Waals surface area contributed by atoms with Gasteiger partial charge >= 0.3 is 0 Å². The van der Waals surface area contributed by atoms with Crippen LogP contribution in [0.5, 0.6) is 0 Å². The Morgan fingerprint density at radius 1 is 1.40 bits per heavy atom. The van der Waals surface area contributed by atoms with Crippen LogP contribution in [0.2, 0.25) is 5.02 Å². The fourth-order valence-corrected chi connectivity index (χ4v) is 2.49. The van der Waals surface area contributed by atoms with Gasteiger partial charge in [-0.15, -0.1) is 0 Å². The van der Waals surface area contributed by atoms with Crippen LogP contribution in [-0.2, 0) is 16.1 Å². The van der Waals surface area contributed by atoms with Crippen molar-refractivity contribution in [1.29, 1.82) is 0 Å². The summed E-state index contributed by atoms with van der Waals surface area (Å²) in [5, 5.41) is 3.54. The van der Waals surface area contributed by atoms with Gasteiger partial charge in [0.2, 0.25) is 11.8 Å². The Balaban J connectivity index is 1.86. The smallest absolute Gasteiger partial charge is 0.239 e. The summed E-state index contributed by atoms with van der Waals surface area (Å²) in [6, 6.07) is 5.63. The highest BCUT2D eigenvalue weighted by Crippen LogP contribution is 2.18. The third-order valence-electron chi connectivity index (χ3n) is 3.61. The first-order chi connectivity index (χ1) is 9.58. The van der Waals surface area contributed by atoms with E-state index in [4.69, 9.17) is 11.6 Å². The maximum Gasteiger partial charge on any atom is 0.239 e. The number of nitrogens with one attached hydrogen (secondary N) is 1. The summed E-state index contributed by atoms with van der Waals surface area (Å²) in [5.74, 6) is -0.0510. The zero-order chi connectivity index (χ0) is 14.5. The second-order valence-electron chi connectivity index (χ2n) is 5.07. The van der Waals surface area contributed by atoms with Crippen LogP contribution >= 0.6 is 11.6 Å². The maximum absolute atomic E-state index is 11.9. The van der Waals surface area contributed by atoms with Gasteiger partial charge in [-0.3, -0.25) is 9.59 Å². The molecule has 0 aromatic heterocycles. The van der Waals surface area contributed by atoms with Crippen molar-refractivity contribution in [2.45, 2.75) is 32.7 Å². The van der Waals surface area contributed by atoms with E-state index in [0.29, 0.717) is 24.5 Å². The van der Waals surface area contributed by atoms with Crippen molar-refractivity contribution in [2.75, 3.05) is 13.1 Å². The van der Waals surface area contributed by atoms with Crippen LogP contribution < -0.4 is 5.32 Å². The van der Waals surface area contributed by atoms with Crippen LogP contribution in [0.4, 0.5) is 0 Å². The van der Waals surface area contributed by atoms with Crippen LogP contribution in [-0.4, -0.2) is 29.8 Å². The second kappa shape index (κ2) is 6.75. The van der Waals surface area contributed by atoms with Crippen LogP contribution in [0.15, 0.2) is 18.2 Å². The molecule has 0 atom stereocenters. The molecule has 1 heterocycles. The highest BCUT2D eigenvalue weighted by atomic mass is 35.5. The molecule has 1 fully saturated rings. The van der Waals surface area contributed by atoms with Crippen molar-refractivity contribution in [3.63, 3.8) is 0 Å². The third kappa shape index (κ3) is 3.73. The third-order valence-corrected chi connectivity index (χ3v) is 4.02. The molecule has 1 aliphatic heterocycles. The van der Waals surface area contributed by atoms with Crippen molar-refractivity contribution in [3.05, 3.63) is 34.3 Å². The summed E-state index contributed by atoms with van der Waals surface area (Å²) in [6.07, 6.45) is 2.46. The molecular weight excluding hydrogens is 276 g/mol. The molecule has 1 N–H and O–H groups in total. The lowest BCUT2D eigenvalue weighted by atomic mass is 10.1. The molecule has 108 valence electrons. The Morgan fingerprint density at radius 2 is 2.20 bits per heavy atom. The largest absolute Gasteiger partial charge is 0.350 e. The lowest BCUT2D eigenvalue weighted by Gasteiger charge is -2.26. The molecule has 1 aromatic carbocycles. The summed E-state index contributed by atoms with van der Waals surface area (Å²) in [7, 11) is 0. The van der Waals surface area contributed by atoms with Gasteiger partial charge in [0.25, 0.3) is 0 Å². The predicted molar refractivity (Wildman–Crippen MR) is 78.5 cm³/mol. The van der Waals surface area contributed by atoms with Crippen molar-refractivity contribution in [2.24, 2.45) is 0 Å². The van der Waals surface area contributed by atoms with Crippen LogP contribution in [0.25, 0.3) is 0 Å². The molecule has 0 saturated carbocycles. The summed E-state index contributed by atoms with van der Waals surface area (Å²) in [4.78, 5) is 25.1. The molecule has 20 heavy (non-hydrogen) atoms. The quantitative estimate of drug-likeness (QED) is 0.926. The average molecular weight is 295 g/mol. The first kappa shape index (κ1) is 14.9. The molecule has 2 rings (SSSR count). The van der Waals surface area contributed by atoms with Gasteiger partial charge < -0.3 is 10.2 Å². The first-order valence-corrected chi connectivity index (χ1v) is 7.24. The topological polar surface area (TPSA) is 49.4 Å². The van der Waals surface area contributed by atoms with E-state index >= 15 is 0 Å². The monoisotopic (exact) mass is 294 g/mol. The maximum atomic E-state index is 11.9.